The Bertz CT molecular complexity index is 1090. The lowest BCUT2D eigenvalue weighted by Crippen LogP contribution is -2.14. The van der Waals surface area contributed by atoms with Gasteiger partial charge in [-0.15, -0.1) is 23.1 Å². The summed E-state index contributed by atoms with van der Waals surface area (Å²) in [5.41, 5.74) is 1.08. The van der Waals surface area contributed by atoms with Crippen molar-refractivity contribution < 1.29 is 19.2 Å². The second-order valence-electron chi connectivity index (χ2n) is 6.14. The number of carbonyl (C=O) groups excluding carboxylic acids is 2. The summed E-state index contributed by atoms with van der Waals surface area (Å²) in [5, 5.41) is 18.6. The molecule has 1 aromatic heterocycles. The van der Waals surface area contributed by atoms with Crippen molar-refractivity contribution in [3.8, 4) is 5.75 Å². The number of hydrogen-bond acceptors (Lipinski definition) is 8. The average Bonchev–Trinajstić information content (AvgIpc) is 3.21. The van der Waals surface area contributed by atoms with E-state index in [2.05, 4.69) is 15.6 Å². The predicted molar refractivity (Wildman–Crippen MR) is 121 cm³/mol. The van der Waals surface area contributed by atoms with Gasteiger partial charge >= 0.3 is 0 Å². The molecule has 2 N–H and O–H groups in total. The van der Waals surface area contributed by atoms with Gasteiger partial charge in [-0.2, -0.15) is 0 Å². The van der Waals surface area contributed by atoms with Crippen LogP contribution in [-0.2, 0) is 10.5 Å². The Morgan fingerprint density at radius 3 is 2.61 bits per heavy atom. The van der Waals surface area contributed by atoms with E-state index in [1.807, 2.05) is 0 Å². The van der Waals surface area contributed by atoms with E-state index < -0.39 is 10.8 Å². The van der Waals surface area contributed by atoms with Gasteiger partial charge in [0.2, 0.25) is 5.91 Å². The lowest BCUT2D eigenvalue weighted by molar-refractivity contribution is -0.385. The average molecular weight is 459 g/mol. The predicted octanol–water partition coefficient (Wildman–Crippen LogP) is 4.18. The minimum atomic E-state index is -0.601. The number of aromatic nitrogens is 1. The van der Waals surface area contributed by atoms with Gasteiger partial charge in [-0.3, -0.25) is 25.0 Å². The number of methoxy groups -OCH3 is 1. The topological polar surface area (TPSA) is 123 Å². The summed E-state index contributed by atoms with van der Waals surface area (Å²) in [5.74, 6) is 0.686. The number of nitrogens with zero attached hydrogens (tertiary/aromatic N) is 2. The van der Waals surface area contributed by atoms with Crippen LogP contribution in [0.3, 0.4) is 0 Å². The minimum absolute atomic E-state index is 0.0335. The highest BCUT2D eigenvalue weighted by Crippen LogP contribution is 2.23. The number of thioether (sulfide) groups is 1. The smallest absolute Gasteiger partial charge is 0.282 e. The standard InChI is InChI=1S/C20H18N4O5S2/c1-29-15-8-6-13(7-9-15)21-18(25)12-30-10-14-11-31-20(22-14)23-19(26)16-4-2-3-5-17(16)24(27)28/h2-9,11H,10,12H2,1H3,(H,21,25)(H,22,23,26). The normalized spacial score (nSPS) is 10.4. The van der Waals surface area contributed by atoms with E-state index in [0.717, 1.165) is 0 Å². The van der Waals surface area contributed by atoms with Crippen LogP contribution in [0.5, 0.6) is 5.75 Å². The first-order valence-corrected chi connectivity index (χ1v) is 11.0. The molecule has 9 nitrogen and oxygen atoms in total. The lowest BCUT2D eigenvalue weighted by atomic mass is 10.1. The number of rotatable bonds is 9. The molecule has 0 aliphatic heterocycles. The first-order chi connectivity index (χ1) is 15.0. The second kappa shape index (κ2) is 10.5. The highest BCUT2D eigenvalue weighted by Gasteiger charge is 2.20. The summed E-state index contributed by atoms with van der Waals surface area (Å²) in [7, 11) is 1.57. The Hall–Kier alpha value is -3.44. The van der Waals surface area contributed by atoms with Crippen molar-refractivity contribution in [2.24, 2.45) is 0 Å². The molecule has 0 aliphatic carbocycles. The molecule has 1 heterocycles. The molecule has 0 saturated carbocycles. The van der Waals surface area contributed by atoms with Crippen molar-refractivity contribution in [2.75, 3.05) is 23.5 Å². The Balaban J connectivity index is 1.48. The summed E-state index contributed by atoms with van der Waals surface area (Å²) in [6.07, 6.45) is 0. The third kappa shape index (κ3) is 6.27. The Morgan fingerprint density at radius 2 is 1.90 bits per heavy atom. The van der Waals surface area contributed by atoms with Gasteiger partial charge in [0.05, 0.1) is 23.5 Å². The maximum Gasteiger partial charge on any atom is 0.282 e. The van der Waals surface area contributed by atoms with Crippen LogP contribution >= 0.6 is 23.1 Å². The number of benzene rings is 2. The van der Waals surface area contributed by atoms with E-state index in [9.17, 15) is 19.7 Å². The van der Waals surface area contributed by atoms with E-state index in [4.69, 9.17) is 4.74 Å². The zero-order valence-corrected chi connectivity index (χ0v) is 18.0. The molecule has 11 heteroatoms. The fourth-order valence-corrected chi connectivity index (χ4v) is 4.07. The molecule has 0 spiro atoms. The van der Waals surface area contributed by atoms with Crippen LogP contribution in [0.2, 0.25) is 0 Å². The van der Waals surface area contributed by atoms with Crippen molar-refractivity contribution in [1.82, 2.24) is 4.98 Å². The van der Waals surface area contributed by atoms with E-state index in [1.54, 1.807) is 42.8 Å². The molecule has 3 aromatic rings. The van der Waals surface area contributed by atoms with E-state index >= 15 is 0 Å². The van der Waals surface area contributed by atoms with Crippen LogP contribution in [0.25, 0.3) is 0 Å². The molecule has 2 aromatic carbocycles. The summed E-state index contributed by atoms with van der Waals surface area (Å²) in [6, 6.07) is 12.8. The molecule has 0 aliphatic rings. The summed E-state index contributed by atoms with van der Waals surface area (Å²) >= 11 is 2.59. The van der Waals surface area contributed by atoms with Gasteiger partial charge in [-0.1, -0.05) is 12.1 Å². The Morgan fingerprint density at radius 1 is 1.16 bits per heavy atom. The van der Waals surface area contributed by atoms with Crippen LogP contribution in [0, 0.1) is 10.1 Å². The Kier molecular flexibility index (Phi) is 7.57. The lowest BCUT2D eigenvalue weighted by Gasteiger charge is -2.06. The number of para-hydroxylation sites is 1. The van der Waals surface area contributed by atoms with E-state index in [1.165, 1.54) is 41.3 Å². The monoisotopic (exact) mass is 458 g/mol. The Labute approximate surface area is 186 Å². The van der Waals surface area contributed by atoms with E-state index in [0.29, 0.717) is 28.0 Å². The number of ether oxygens (including phenoxy) is 1. The molecular formula is C20H18N4O5S2. The molecule has 0 atom stereocenters. The first-order valence-electron chi connectivity index (χ1n) is 8.97. The molecule has 0 bridgehead atoms. The molecule has 0 fully saturated rings. The number of nitro groups is 1. The number of thiazole rings is 1. The third-order valence-corrected chi connectivity index (χ3v) is 5.75. The van der Waals surface area contributed by atoms with Crippen molar-refractivity contribution >= 4 is 51.4 Å². The van der Waals surface area contributed by atoms with Crippen LogP contribution in [0.1, 0.15) is 16.1 Å². The minimum Gasteiger partial charge on any atom is -0.497 e. The molecule has 0 saturated heterocycles. The molecule has 31 heavy (non-hydrogen) atoms. The summed E-state index contributed by atoms with van der Waals surface area (Å²) in [6.45, 7) is 0. The van der Waals surface area contributed by atoms with Crippen molar-refractivity contribution in [3.05, 3.63) is 75.3 Å². The highest BCUT2D eigenvalue weighted by molar-refractivity contribution is 7.99. The quantitative estimate of drug-likeness (QED) is 0.364. The second-order valence-corrected chi connectivity index (χ2v) is 7.99. The largest absolute Gasteiger partial charge is 0.497 e. The summed E-state index contributed by atoms with van der Waals surface area (Å²) < 4.78 is 5.08. The fraction of sp³-hybridized carbons (Fsp3) is 0.150. The molecule has 160 valence electrons. The fourth-order valence-electron chi connectivity index (χ4n) is 2.54. The number of nitrogens with one attached hydrogen (secondary N) is 2. The maximum atomic E-state index is 12.4. The number of nitro benzene ring substituents is 1. The molecule has 2 amide bonds. The molecule has 0 unspecified atom stereocenters. The number of carbonyl (C=O) groups is 2. The van der Waals surface area contributed by atoms with Crippen LogP contribution in [0.4, 0.5) is 16.5 Å². The molecular weight excluding hydrogens is 440 g/mol. The van der Waals surface area contributed by atoms with Crippen LogP contribution in [0.15, 0.2) is 53.9 Å². The zero-order valence-electron chi connectivity index (χ0n) is 16.4. The van der Waals surface area contributed by atoms with Gasteiger partial charge < -0.3 is 10.1 Å². The van der Waals surface area contributed by atoms with Gasteiger partial charge in [-0.05, 0) is 30.3 Å². The van der Waals surface area contributed by atoms with Crippen molar-refractivity contribution in [1.29, 1.82) is 0 Å². The van der Waals surface area contributed by atoms with Crippen LogP contribution < -0.4 is 15.4 Å². The van der Waals surface area contributed by atoms with Gasteiger partial charge in [0.15, 0.2) is 5.13 Å². The van der Waals surface area contributed by atoms with Crippen LogP contribution in [-0.4, -0.2) is 34.6 Å². The molecule has 3 rings (SSSR count). The van der Waals surface area contributed by atoms with Crippen molar-refractivity contribution in [2.45, 2.75) is 5.75 Å². The first kappa shape index (κ1) is 22.2. The zero-order chi connectivity index (χ0) is 22.2. The highest BCUT2D eigenvalue weighted by atomic mass is 32.2. The van der Waals surface area contributed by atoms with E-state index in [-0.39, 0.29) is 22.9 Å². The maximum absolute atomic E-state index is 12.4. The summed E-state index contributed by atoms with van der Waals surface area (Å²) in [4.78, 5) is 39.2. The number of hydrogen-bond donors (Lipinski definition) is 2. The van der Waals surface area contributed by atoms with Gasteiger partial charge in [-0.25, -0.2) is 4.98 Å². The van der Waals surface area contributed by atoms with Gasteiger partial charge in [0, 0.05) is 22.9 Å². The SMILES string of the molecule is COc1ccc(NC(=O)CSCc2csc(NC(=O)c3ccccc3[N+](=O)[O-])n2)cc1. The molecule has 0 radical (unpaired) electrons. The number of anilines is 2. The van der Waals surface area contributed by atoms with Gasteiger partial charge in [0.25, 0.3) is 11.6 Å². The third-order valence-electron chi connectivity index (χ3n) is 3.97. The van der Waals surface area contributed by atoms with Crippen molar-refractivity contribution in [3.63, 3.8) is 0 Å². The number of amides is 2. The van der Waals surface area contributed by atoms with Gasteiger partial charge in [0.1, 0.15) is 11.3 Å².